The molecule has 0 aliphatic carbocycles. The average Bonchev–Trinajstić information content (AvgIpc) is 1.88. The Kier molecular flexibility index (Phi) is 5.58. The van der Waals surface area contributed by atoms with Crippen molar-refractivity contribution < 1.29 is 4.84 Å². The zero-order valence-corrected chi connectivity index (χ0v) is 7.13. The molecule has 62 valence electrons. The fourth-order valence-corrected chi connectivity index (χ4v) is 0.732. The van der Waals surface area contributed by atoms with Crippen molar-refractivity contribution >= 4 is 0 Å². The molecule has 0 rings (SSSR count). The van der Waals surface area contributed by atoms with Crippen LogP contribution in [-0.2, 0) is 4.84 Å². The molecule has 0 aliphatic rings. The van der Waals surface area contributed by atoms with Crippen molar-refractivity contribution in [3.63, 3.8) is 0 Å². The summed E-state index contributed by atoms with van der Waals surface area (Å²) < 4.78 is 0. The molecular formula is C7H18N2O. The number of hydroxylamine groups is 2. The molecule has 0 aliphatic heterocycles. The third-order valence-electron chi connectivity index (χ3n) is 1.37. The molecule has 0 aromatic carbocycles. The van der Waals surface area contributed by atoms with E-state index >= 15 is 0 Å². The number of nitrogens with two attached hydrogens (primary N) is 1. The Hall–Kier alpha value is -0.120. The first kappa shape index (κ1) is 9.88. The highest BCUT2D eigenvalue weighted by Gasteiger charge is 2.02. The van der Waals surface area contributed by atoms with Crippen LogP contribution in [0.2, 0.25) is 0 Å². The van der Waals surface area contributed by atoms with Crippen LogP contribution in [0.1, 0.15) is 20.3 Å². The van der Waals surface area contributed by atoms with E-state index in [2.05, 4.69) is 6.92 Å². The van der Waals surface area contributed by atoms with Crippen molar-refractivity contribution in [3.8, 4) is 0 Å². The molecule has 1 atom stereocenters. The third-order valence-corrected chi connectivity index (χ3v) is 1.37. The third kappa shape index (κ3) is 4.73. The molecule has 0 bridgehead atoms. The molecule has 3 nitrogen and oxygen atoms in total. The van der Waals surface area contributed by atoms with Crippen LogP contribution in [0.3, 0.4) is 0 Å². The van der Waals surface area contributed by atoms with E-state index in [0.29, 0.717) is 6.61 Å². The van der Waals surface area contributed by atoms with Gasteiger partial charge >= 0.3 is 0 Å². The van der Waals surface area contributed by atoms with Gasteiger partial charge in [-0.15, -0.1) is 0 Å². The summed E-state index contributed by atoms with van der Waals surface area (Å²) in [5, 5.41) is 1.79. The highest BCUT2D eigenvalue weighted by Crippen LogP contribution is 1.91. The maximum absolute atomic E-state index is 5.68. The van der Waals surface area contributed by atoms with E-state index in [0.717, 1.165) is 13.0 Å². The van der Waals surface area contributed by atoms with E-state index in [4.69, 9.17) is 10.6 Å². The van der Waals surface area contributed by atoms with Gasteiger partial charge in [-0.1, -0.05) is 6.92 Å². The number of nitrogens with zero attached hydrogens (tertiary/aromatic N) is 1. The first-order chi connectivity index (χ1) is 4.70. The molecular weight excluding hydrogens is 128 g/mol. The first-order valence-electron chi connectivity index (χ1n) is 3.80. The van der Waals surface area contributed by atoms with Crippen molar-refractivity contribution in [2.24, 2.45) is 5.73 Å². The van der Waals surface area contributed by atoms with Gasteiger partial charge in [-0.25, -0.2) is 0 Å². The number of hydrogen-bond acceptors (Lipinski definition) is 3. The SMILES string of the molecule is CCON(C)C[C@@H](N)CC. The Bertz CT molecular complexity index is 78.0. The lowest BCUT2D eigenvalue weighted by Gasteiger charge is -2.18. The van der Waals surface area contributed by atoms with Crippen LogP contribution in [0.25, 0.3) is 0 Å². The Morgan fingerprint density at radius 1 is 1.50 bits per heavy atom. The van der Waals surface area contributed by atoms with E-state index in [-0.39, 0.29) is 6.04 Å². The molecule has 0 spiro atoms. The van der Waals surface area contributed by atoms with E-state index in [1.807, 2.05) is 14.0 Å². The van der Waals surface area contributed by atoms with E-state index in [1.54, 1.807) is 5.06 Å². The van der Waals surface area contributed by atoms with Gasteiger partial charge in [-0.3, -0.25) is 4.84 Å². The molecule has 0 saturated heterocycles. The van der Waals surface area contributed by atoms with Gasteiger partial charge in [0.2, 0.25) is 0 Å². The maximum atomic E-state index is 5.68. The van der Waals surface area contributed by atoms with Crippen molar-refractivity contribution in [2.45, 2.75) is 26.3 Å². The summed E-state index contributed by atoms with van der Waals surface area (Å²) in [6, 6.07) is 0.233. The van der Waals surface area contributed by atoms with Crippen molar-refractivity contribution in [1.82, 2.24) is 5.06 Å². The number of likely N-dealkylation sites (N-methyl/N-ethyl adjacent to an activating group) is 1. The van der Waals surface area contributed by atoms with Gasteiger partial charge in [0.05, 0.1) is 6.61 Å². The average molecular weight is 146 g/mol. The molecule has 10 heavy (non-hydrogen) atoms. The molecule has 0 aromatic heterocycles. The second kappa shape index (κ2) is 5.65. The molecule has 0 heterocycles. The normalized spacial score (nSPS) is 14.1. The van der Waals surface area contributed by atoms with Gasteiger partial charge in [0.1, 0.15) is 0 Å². The summed E-state index contributed by atoms with van der Waals surface area (Å²) in [6.07, 6.45) is 0.997. The zero-order valence-electron chi connectivity index (χ0n) is 7.13. The minimum Gasteiger partial charge on any atom is -0.326 e. The summed E-state index contributed by atoms with van der Waals surface area (Å²) in [6.45, 7) is 5.57. The Morgan fingerprint density at radius 3 is 2.50 bits per heavy atom. The van der Waals surface area contributed by atoms with Crippen molar-refractivity contribution in [3.05, 3.63) is 0 Å². The second-order valence-electron chi connectivity index (χ2n) is 2.40. The molecule has 0 aromatic rings. The fraction of sp³-hybridized carbons (Fsp3) is 1.00. The fourth-order valence-electron chi connectivity index (χ4n) is 0.732. The summed E-state index contributed by atoms with van der Waals surface area (Å²) in [5.74, 6) is 0. The van der Waals surface area contributed by atoms with Crippen molar-refractivity contribution in [1.29, 1.82) is 0 Å². The molecule has 0 amide bonds. The lowest BCUT2D eigenvalue weighted by atomic mass is 10.2. The van der Waals surface area contributed by atoms with Crippen LogP contribution in [0.4, 0.5) is 0 Å². The minimum absolute atomic E-state index is 0.233. The highest BCUT2D eigenvalue weighted by molar-refractivity contribution is 4.58. The van der Waals surface area contributed by atoms with Gasteiger partial charge in [0.15, 0.2) is 0 Å². The van der Waals surface area contributed by atoms with Crippen LogP contribution in [0.5, 0.6) is 0 Å². The summed E-state index contributed by atoms with van der Waals surface area (Å²) >= 11 is 0. The smallest absolute Gasteiger partial charge is 0.0656 e. The van der Waals surface area contributed by atoms with Crippen molar-refractivity contribution in [2.75, 3.05) is 20.2 Å². The number of rotatable bonds is 5. The predicted octanol–water partition coefficient (Wildman–Crippen LogP) is 0.607. The van der Waals surface area contributed by atoms with Crippen LogP contribution in [-0.4, -0.2) is 31.3 Å². The standard InChI is InChI=1S/C7H18N2O/c1-4-7(8)6-9(3)10-5-2/h7H,4-6,8H2,1-3H3/t7-/m0/s1. The van der Waals surface area contributed by atoms with E-state index < -0.39 is 0 Å². The maximum Gasteiger partial charge on any atom is 0.0656 e. The van der Waals surface area contributed by atoms with Gasteiger partial charge in [-0.05, 0) is 13.3 Å². The molecule has 3 heteroatoms. The van der Waals surface area contributed by atoms with Gasteiger partial charge in [-0.2, -0.15) is 5.06 Å². The Labute approximate surface area is 63.1 Å². The minimum atomic E-state index is 0.233. The Balaban J connectivity index is 3.27. The van der Waals surface area contributed by atoms with Gasteiger partial charge in [0.25, 0.3) is 0 Å². The zero-order chi connectivity index (χ0) is 7.98. The molecule has 0 unspecified atom stereocenters. The topological polar surface area (TPSA) is 38.5 Å². The van der Waals surface area contributed by atoms with Crippen LogP contribution in [0, 0.1) is 0 Å². The van der Waals surface area contributed by atoms with Gasteiger partial charge in [0, 0.05) is 19.6 Å². The molecule has 2 N–H and O–H groups in total. The van der Waals surface area contributed by atoms with E-state index in [1.165, 1.54) is 0 Å². The lowest BCUT2D eigenvalue weighted by molar-refractivity contribution is -0.137. The van der Waals surface area contributed by atoms with E-state index in [9.17, 15) is 0 Å². The van der Waals surface area contributed by atoms with Crippen LogP contribution < -0.4 is 5.73 Å². The Morgan fingerprint density at radius 2 is 2.10 bits per heavy atom. The quantitative estimate of drug-likeness (QED) is 0.577. The highest BCUT2D eigenvalue weighted by atomic mass is 16.7. The van der Waals surface area contributed by atoms with Crippen LogP contribution in [0.15, 0.2) is 0 Å². The molecule has 0 fully saturated rings. The lowest BCUT2D eigenvalue weighted by Crippen LogP contribution is -2.34. The number of hydrogen-bond donors (Lipinski definition) is 1. The monoisotopic (exact) mass is 146 g/mol. The van der Waals surface area contributed by atoms with Gasteiger partial charge < -0.3 is 5.73 Å². The summed E-state index contributed by atoms with van der Waals surface area (Å²) in [7, 11) is 1.90. The summed E-state index contributed by atoms with van der Waals surface area (Å²) in [5.41, 5.74) is 5.68. The first-order valence-corrected chi connectivity index (χ1v) is 3.80. The largest absolute Gasteiger partial charge is 0.326 e. The molecule has 0 radical (unpaired) electrons. The second-order valence-corrected chi connectivity index (χ2v) is 2.40. The predicted molar refractivity (Wildman–Crippen MR) is 42.5 cm³/mol. The van der Waals surface area contributed by atoms with Crippen LogP contribution >= 0.6 is 0 Å². The summed E-state index contributed by atoms with van der Waals surface area (Å²) in [4.78, 5) is 5.17. The molecule has 0 saturated carbocycles.